The lowest BCUT2D eigenvalue weighted by molar-refractivity contribution is -0.117. The molecule has 1 atom stereocenters. The Morgan fingerprint density at radius 1 is 1.45 bits per heavy atom. The summed E-state index contributed by atoms with van der Waals surface area (Å²) in [5, 5.41) is -0.131. The average molecular weight is 289 g/mol. The number of ketones is 1. The van der Waals surface area contributed by atoms with Gasteiger partial charge in [0, 0.05) is 23.4 Å². The Morgan fingerprint density at radius 3 is 2.75 bits per heavy atom. The second kappa shape index (κ2) is 5.83. The van der Waals surface area contributed by atoms with Crippen molar-refractivity contribution < 1.29 is 9.59 Å². The standard InChI is InChI=1S/C16H19NO2S/c1-5-14(18)12-6-7-13-15(8-12)20-11(4)16(19)17(13)9-10(2)3/h6-8,11H,2,5,9H2,1,3-4H3. The topological polar surface area (TPSA) is 37.4 Å². The van der Waals surface area contributed by atoms with Gasteiger partial charge in [0.15, 0.2) is 5.78 Å². The van der Waals surface area contributed by atoms with Crippen molar-refractivity contribution in [3.05, 3.63) is 35.9 Å². The number of thioether (sulfide) groups is 1. The van der Waals surface area contributed by atoms with Crippen molar-refractivity contribution >= 4 is 29.1 Å². The van der Waals surface area contributed by atoms with E-state index in [1.165, 1.54) is 11.8 Å². The highest BCUT2D eigenvalue weighted by atomic mass is 32.2. The molecule has 1 amide bonds. The Bertz CT molecular complexity index is 580. The Morgan fingerprint density at radius 2 is 2.15 bits per heavy atom. The van der Waals surface area contributed by atoms with Crippen molar-refractivity contribution in [2.75, 3.05) is 11.4 Å². The van der Waals surface area contributed by atoms with E-state index in [9.17, 15) is 9.59 Å². The molecule has 0 bridgehead atoms. The molecule has 2 rings (SSSR count). The van der Waals surface area contributed by atoms with Gasteiger partial charge < -0.3 is 4.90 Å². The number of carbonyl (C=O) groups is 2. The van der Waals surface area contributed by atoms with Gasteiger partial charge in [0.2, 0.25) is 5.91 Å². The maximum Gasteiger partial charge on any atom is 0.240 e. The lowest BCUT2D eigenvalue weighted by Gasteiger charge is -2.32. The van der Waals surface area contributed by atoms with Crippen LogP contribution in [-0.4, -0.2) is 23.5 Å². The normalized spacial score (nSPS) is 17.9. The van der Waals surface area contributed by atoms with Crippen LogP contribution in [0.15, 0.2) is 35.2 Å². The number of Topliss-reactive ketones (excluding diaryl/α,β-unsaturated/α-hetero) is 1. The van der Waals surface area contributed by atoms with E-state index >= 15 is 0 Å². The van der Waals surface area contributed by atoms with E-state index < -0.39 is 0 Å². The predicted molar refractivity (Wildman–Crippen MR) is 83.5 cm³/mol. The molecule has 0 N–H and O–H groups in total. The van der Waals surface area contributed by atoms with Gasteiger partial charge in [-0.1, -0.05) is 19.1 Å². The van der Waals surface area contributed by atoms with Crippen LogP contribution in [0, 0.1) is 0 Å². The van der Waals surface area contributed by atoms with Crippen molar-refractivity contribution in [2.24, 2.45) is 0 Å². The molecule has 0 aromatic heterocycles. The first-order valence-electron chi connectivity index (χ1n) is 6.73. The van der Waals surface area contributed by atoms with Crippen LogP contribution >= 0.6 is 11.8 Å². The fraction of sp³-hybridized carbons (Fsp3) is 0.375. The third kappa shape index (κ3) is 2.80. The number of benzene rings is 1. The van der Waals surface area contributed by atoms with Gasteiger partial charge in [-0.2, -0.15) is 0 Å². The largest absolute Gasteiger partial charge is 0.306 e. The molecule has 0 spiro atoms. The molecule has 3 nitrogen and oxygen atoms in total. The SMILES string of the molecule is C=C(C)CN1C(=O)C(C)Sc2cc(C(=O)CC)ccc21. The molecular formula is C16H19NO2S. The highest BCUT2D eigenvalue weighted by Gasteiger charge is 2.30. The summed E-state index contributed by atoms with van der Waals surface area (Å²) in [7, 11) is 0. The number of fused-ring (bicyclic) bond motifs is 1. The Kier molecular flexibility index (Phi) is 4.33. The van der Waals surface area contributed by atoms with Gasteiger partial charge in [-0.3, -0.25) is 9.59 Å². The minimum Gasteiger partial charge on any atom is -0.306 e. The van der Waals surface area contributed by atoms with E-state index in [1.807, 2.05) is 32.9 Å². The highest BCUT2D eigenvalue weighted by molar-refractivity contribution is 8.01. The molecule has 106 valence electrons. The van der Waals surface area contributed by atoms with E-state index in [0.717, 1.165) is 21.7 Å². The zero-order valence-electron chi connectivity index (χ0n) is 12.1. The zero-order valence-corrected chi connectivity index (χ0v) is 12.9. The van der Waals surface area contributed by atoms with Crippen LogP contribution in [0.2, 0.25) is 0 Å². The quantitative estimate of drug-likeness (QED) is 0.627. The number of carbonyl (C=O) groups excluding carboxylic acids is 2. The van der Waals surface area contributed by atoms with Crippen molar-refractivity contribution in [1.82, 2.24) is 0 Å². The third-order valence-corrected chi connectivity index (χ3v) is 4.38. The lowest BCUT2D eigenvalue weighted by atomic mass is 10.1. The first kappa shape index (κ1) is 14.9. The summed E-state index contributed by atoms with van der Waals surface area (Å²) in [5.74, 6) is 0.226. The molecule has 1 aromatic carbocycles. The third-order valence-electron chi connectivity index (χ3n) is 3.24. The van der Waals surface area contributed by atoms with Gasteiger partial charge in [0.25, 0.3) is 0 Å². The first-order chi connectivity index (χ1) is 9.43. The van der Waals surface area contributed by atoms with E-state index in [2.05, 4.69) is 6.58 Å². The predicted octanol–water partition coefficient (Wildman–Crippen LogP) is 3.68. The van der Waals surface area contributed by atoms with Gasteiger partial charge in [-0.05, 0) is 32.0 Å². The van der Waals surface area contributed by atoms with Gasteiger partial charge in [-0.15, -0.1) is 11.8 Å². The molecule has 0 fully saturated rings. The molecular weight excluding hydrogens is 270 g/mol. The molecule has 0 aliphatic carbocycles. The fourth-order valence-corrected chi connectivity index (χ4v) is 3.32. The van der Waals surface area contributed by atoms with Crippen molar-refractivity contribution in [3.63, 3.8) is 0 Å². The molecule has 1 aliphatic heterocycles. The fourth-order valence-electron chi connectivity index (χ4n) is 2.22. The van der Waals surface area contributed by atoms with Crippen molar-refractivity contribution in [3.8, 4) is 0 Å². The smallest absolute Gasteiger partial charge is 0.240 e. The molecule has 1 heterocycles. The van der Waals surface area contributed by atoms with Crippen molar-refractivity contribution in [1.29, 1.82) is 0 Å². The van der Waals surface area contributed by atoms with Gasteiger partial charge in [-0.25, -0.2) is 0 Å². The van der Waals surface area contributed by atoms with Crippen molar-refractivity contribution in [2.45, 2.75) is 37.3 Å². The lowest BCUT2D eigenvalue weighted by Crippen LogP contribution is -2.40. The Hall–Kier alpha value is -1.55. The summed E-state index contributed by atoms with van der Waals surface area (Å²) in [6.45, 7) is 10.1. The van der Waals surface area contributed by atoms with Gasteiger partial charge in [0.1, 0.15) is 0 Å². The highest BCUT2D eigenvalue weighted by Crippen LogP contribution is 2.40. The van der Waals surface area contributed by atoms with Crippen LogP contribution in [0.4, 0.5) is 5.69 Å². The number of rotatable bonds is 4. The van der Waals surface area contributed by atoms with E-state index in [1.54, 1.807) is 11.0 Å². The summed E-state index contributed by atoms with van der Waals surface area (Å²) in [6, 6.07) is 5.58. The van der Waals surface area contributed by atoms with Gasteiger partial charge >= 0.3 is 0 Å². The summed E-state index contributed by atoms with van der Waals surface area (Å²) in [5.41, 5.74) is 2.54. The average Bonchev–Trinajstić information content (AvgIpc) is 2.42. The zero-order chi connectivity index (χ0) is 14.9. The minimum absolute atomic E-state index is 0.0973. The van der Waals surface area contributed by atoms with Gasteiger partial charge in [0.05, 0.1) is 10.9 Å². The van der Waals surface area contributed by atoms with Crippen LogP contribution in [0.5, 0.6) is 0 Å². The van der Waals surface area contributed by atoms with Crippen LogP contribution in [0.1, 0.15) is 37.6 Å². The Balaban J connectivity index is 2.44. The summed E-state index contributed by atoms with van der Waals surface area (Å²) >= 11 is 1.52. The number of hydrogen-bond acceptors (Lipinski definition) is 3. The van der Waals surface area contributed by atoms with Crippen LogP contribution in [-0.2, 0) is 4.79 Å². The molecule has 4 heteroatoms. The number of nitrogens with zero attached hydrogens (tertiary/aromatic N) is 1. The maximum atomic E-state index is 12.3. The summed E-state index contributed by atoms with van der Waals surface area (Å²) in [6.07, 6.45) is 0.493. The van der Waals surface area contributed by atoms with E-state index in [0.29, 0.717) is 13.0 Å². The molecule has 1 unspecified atom stereocenters. The molecule has 0 saturated heterocycles. The molecule has 0 radical (unpaired) electrons. The molecule has 1 aliphatic rings. The number of hydrogen-bond donors (Lipinski definition) is 0. The summed E-state index contributed by atoms with van der Waals surface area (Å²) in [4.78, 5) is 26.9. The molecule has 1 aromatic rings. The second-order valence-corrected chi connectivity index (χ2v) is 6.48. The Labute approximate surface area is 124 Å². The minimum atomic E-state index is -0.131. The van der Waals surface area contributed by atoms with E-state index in [4.69, 9.17) is 0 Å². The van der Waals surface area contributed by atoms with E-state index in [-0.39, 0.29) is 16.9 Å². The number of amides is 1. The first-order valence-corrected chi connectivity index (χ1v) is 7.61. The second-order valence-electron chi connectivity index (χ2n) is 5.10. The van der Waals surface area contributed by atoms with Crippen LogP contribution in [0.25, 0.3) is 0 Å². The van der Waals surface area contributed by atoms with Crippen LogP contribution in [0.3, 0.4) is 0 Å². The maximum absolute atomic E-state index is 12.3. The summed E-state index contributed by atoms with van der Waals surface area (Å²) < 4.78 is 0. The van der Waals surface area contributed by atoms with Crippen LogP contribution < -0.4 is 4.90 Å². The molecule has 20 heavy (non-hydrogen) atoms. The molecule has 0 saturated carbocycles. The monoisotopic (exact) mass is 289 g/mol. The number of anilines is 1.